The fourth-order valence-electron chi connectivity index (χ4n) is 2.12. The summed E-state index contributed by atoms with van der Waals surface area (Å²) in [5.41, 5.74) is 3.14. The zero-order valence-electron chi connectivity index (χ0n) is 11.6. The molecule has 1 aromatic carbocycles. The van der Waals surface area contributed by atoms with Crippen molar-refractivity contribution in [3.8, 4) is 0 Å². The SMILES string of the molecule is CCCCCOCc1c(C(=O)NN)sc2ccccc12. The molecule has 4 nitrogen and oxygen atoms in total. The van der Waals surface area contributed by atoms with E-state index in [1.807, 2.05) is 24.3 Å². The van der Waals surface area contributed by atoms with Gasteiger partial charge >= 0.3 is 0 Å². The fourth-order valence-corrected chi connectivity index (χ4v) is 3.23. The fraction of sp³-hybridized carbons (Fsp3) is 0.400. The van der Waals surface area contributed by atoms with Gasteiger partial charge in [-0.2, -0.15) is 0 Å². The zero-order valence-corrected chi connectivity index (χ0v) is 12.5. The lowest BCUT2D eigenvalue weighted by Gasteiger charge is -2.05. The summed E-state index contributed by atoms with van der Waals surface area (Å²) < 4.78 is 6.79. The molecule has 20 heavy (non-hydrogen) atoms. The van der Waals surface area contributed by atoms with Crippen LogP contribution in [0, 0.1) is 0 Å². The quantitative estimate of drug-likeness (QED) is 0.356. The van der Waals surface area contributed by atoms with Gasteiger partial charge in [0.15, 0.2) is 0 Å². The van der Waals surface area contributed by atoms with Crippen molar-refractivity contribution < 1.29 is 9.53 Å². The van der Waals surface area contributed by atoms with E-state index in [9.17, 15) is 4.79 Å². The lowest BCUT2D eigenvalue weighted by Crippen LogP contribution is -2.30. The van der Waals surface area contributed by atoms with Gasteiger partial charge in [-0.25, -0.2) is 5.84 Å². The number of thiophene rings is 1. The minimum absolute atomic E-state index is 0.252. The van der Waals surface area contributed by atoms with Crippen LogP contribution >= 0.6 is 11.3 Å². The minimum atomic E-state index is -0.252. The number of hydrazine groups is 1. The molecule has 3 N–H and O–H groups in total. The Kier molecular flexibility index (Phi) is 5.52. The number of hydrogen-bond donors (Lipinski definition) is 2. The monoisotopic (exact) mass is 292 g/mol. The summed E-state index contributed by atoms with van der Waals surface area (Å²) >= 11 is 1.45. The Balaban J connectivity index is 2.18. The first-order chi connectivity index (χ1) is 9.77. The number of nitrogens with one attached hydrogen (secondary N) is 1. The number of ether oxygens (including phenoxy) is 1. The molecule has 0 saturated carbocycles. The highest BCUT2D eigenvalue weighted by Gasteiger charge is 2.17. The molecular weight excluding hydrogens is 272 g/mol. The van der Waals surface area contributed by atoms with Crippen molar-refractivity contribution in [2.24, 2.45) is 5.84 Å². The van der Waals surface area contributed by atoms with Crippen molar-refractivity contribution in [2.45, 2.75) is 32.8 Å². The molecule has 1 aromatic heterocycles. The Morgan fingerprint density at radius 3 is 2.90 bits per heavy atom. The third-order valence-corrected chi connectivity index (χ3v) is 4.39. The van der Waals surface area contributed by atoms with Crippen molar-refractivity contribution in [1.82, 2.24) is 5.43 Å². The zero-order chi connectivity index (χ0) is 14.4. The van der Waals surface area contributed by atoms with Gasteiger partial charge in [-0.3, -0.25) is 10.2 Å². The summed E-state index contributed by atoms with van der Waals surface area (Å²) in [4.78, 5) is 12.5. The maximum atomic E-state index is 11.9. The van der Waals surface area contributed by atoms with E-state index in [1.54, 1.807) is 0 Å². The van der Waals surface area contributed by atoms with Gasteiger partial charge in [0.2, 0.25) is 0 Å². The Labute approximate surface area is 122 Å². The third kappa shape index (κ3) is 3.36. The highest BCUT2D eigenvalue weighted by molar-refractivity contribution is 7.21. The van der Waals surface area contributed by atoms with E-state index in [0.717, 1.165) is 28.7 Å². The number of unbranched alkanes of at least 4 members (excludes halogenated alkanes) is 2. The van der Waals surface area contributed by atoms with Gasteiger partial charge in [-0.15, -0.1) is 11.3 Å². The molecule has 0 aliphatic heterocycles. The molecule has 1 amide bonds. The van der Waals surface area contributed by atoms with E-state index in [2.05, 4.69) is 12.3 Å². The standard InChI is InChI=1S/C15H20N2O2S/c1-2-3-6-9-19-10-12-11-7-4-5-8-13(11)20-14(12)15(18)17-16/h4-5,7-8H,2-3,6,9-10,16H2,1H3,(H,17,18). The summed E-state index contributed by atoms with van der Waals surface area (Å²) in [5, 5.41) is 1.08. The van der Waals surface area contributed by atoms with Crippen molar-refractivity contribution in [2.75, 3.05) is 6.61 Å². The van der Waals surface area contributed by atoms with Crippen molar-refractivity contribution in [3.05, 3.63) is 34.7 Å². The average molecular weight is 292 g/mol. The second-order valence-electron chi connectivity index (χ2n) is 4.64. The Hall–Kier alpha value is -1.43. The highest BCUT2D eigenvalue weighted by Crippen LogP contribution is 2.31. The number of amides is 1. The first kappa shape index (κ1) is 15.0. The number of hydrogen-bond acceptors (Lipinski definition) is 4. The molecule has 0 aliphatic carbocycles. The maximum absolute atomic E-state index is 11.9. The van der Waals surface area contributed by atoms with Crippen LogP contribution in [0.1, 0.15) is 41.4 Å². The number of fused-ring (bicyclic) bond motifs is 1. The summed E-state index contributed by atoms with van der Waals surface area (Å²) in [7, 11) is 0. The summed E-state index contributed by atoms with van der Waals surface area (Å²) in [5.74, 6) is 5.00. The molecule has 1 heterocycles. The van der Waals surface area contributed by atoms with Crippen LogP contribution in [-0.2, 0) is 11.3 Å². The summed E-state index contributed by atoms with van der Waals surface area (Å²) in [6.07, 6.45) is 3.39. The van der Waals surface area contributed by atoms with E-state index in [-0.39, 0.29) is 5.91 Å². The van der Waals surface area contributed by atoms with Crippen LogP contribution < -0.4 is 11.3 Å². The summed E-state index contributed by atoms with van der Waals surface area (Å²) in [6, 6.07) is 7.96. The van der Waals surface area contributed by atoms with Crippen LogP contribution in [0.25, 0.3) is 10.1 Å². The first-order valence-electron chi connectivity index (χ1n) is 6.87. The van der Waals surface area contributed by atoms with Crippen LogP contribution in [0.2, 0.25) is 0 Å². The van der Waals surface area contributed by atoms with E-state index in [4.69, 9.17) is 10.6 Å². The van der Waals surface area contributed by atoms with Gasteiger partial charge in [0.05, 0.1) is 11.5 Å². The molecular formula is C15H20N2O2S. The van der Waals surface area contributed by atoms with E-state index in [0.29, 0.717) is 11.5 Å². The summed E-state index contributed by atoms with van der Waals surface area (Å²) in [6.45, 7) is 3.34. The largest absolute Gasteiger partial charge is 0.377 e. The van der Waals surface area contributed by atoms with Crippen molar-refractivity contribution >= 4 is 27.3 Å². The molecule has 0 atom stereocenters. The molecule has 0 saturated heterocycles. The number of rotatable bonds is 7. The van der Waals surface area contributed by atoms with Crippen LogP contribution in [0.15, 0.2) is 24.3 Å². The van der Waals surface area contributed by atoms with Crippen LogP contribution in [0.3, 0.4) is 0 Å². The Morgan fingerprint density at radius 2 is 2.15 bits per heavy atom. The molecule has 2 rings (SSSR count). The second-order valence-corrected chi connectivity index (χ2v) is 5.69. The van der Waals surface area contributed by atoms with Gasteiger partial charge in [-0.1, -0.05) is 38.0 Å². The van der Waals surface area contributed by atoms with Crippen molar-refractivity contribution in [1.29, 1.82) is 0 Å². The topological polar surface area (TPSA) is 64.3 Å². The normalized spacial score (nSPS) is 10.9. The van der Waals surface area contributed by atoms with E-state index >= 15 is 0 Å². The Bertz CT molecular complexity index is 580. The van der Waals surface area contributed by atoms with Gasteiger partial charge in [0.1, 0.15) is 0 Å². The molecule has 0 aliphatic rings. The predicted molar refractivity (Wildman–Crippen MR) is 82.7 cm³/mol. The van der Waals surface area contributed by atoms with Gasteiger partial charge < -0.3 is 4.74 Å². The number of nitrogen functional groups attached to an aromatic ring is 1. The molecule has 0 radical (unpaired) electrons. The number of carbonyl (C=O) groups is 1. The number of carbonyl (C=O) groups excluding carboxylic acids is 1. The van der Waals surface area contributed by atoms with E-state index < -0.39 is 0 Å². The third-order valence-electron chi connectivity index (χ3n) is 3.17. The minimum Gasteiger partial charge on any atom is -0.377 e. The number of benzene rings is 1. The molecule has 5 heteroatoms. The van der Waals surface area contributed by atoms with E-state index in [1.165, 1.54) is 24.2 Å². The molecule has 0 unspecified atom stereocenters. The average Bonchev–Trinajstić information content (AvgIpc) is 2.85. The van der Waals surface area contributed by atoms with Gasteiger partial charge in [0.25, 0.3) is 5.91 Å². The lowest BCUT2D eigenvalue weighted by molar-refractivity contribution is 0.0944. The number of nitrogens with two attached hydrogens (primary N) is 1. The van der Waals surface area contributed by atoms with Crippen LogP contribution in [0.5, 0.6) is 0 Å². The highest BCUT2D eigenvalue weighted by atomic mass is 32.1. The van der Waals surface area contributed by atoms with Crippen LogP contribution in [0.4, 0.5) is 0 Å². The lowest BCUT2D eigenvalue weighted by atomic mass is 10.1. The Morgan fingerprint density at radius 1 is 1.35 bits per heavy atom. The van der Waals surface area contributed by atoms with Gasteiger partial charge in [0, 0.05) is 16.9 Å². The molecule has 0 fully saturated rings. The predicted octanol–water partition coefficient (Wildman–Crippen LogP) is 3.21. The second kappa shape index (κ2) is 7.38. The molecule has 0 bridgehead atoms. The molecule has 0 spiro atoms. The van der Waals surface area contributed by atoms with Crippen molar-refractivity contribution in [3.63, 3.8) is 0 Å². The van der Waals surface area contributed by atoms with Crippen LogP contribution in [-0.4, -0.2) is 12.5 Å². The molecule has 108 valence electrons. The first-order valence-corrected chi connectivity index (χ1v) is 7.68. The smallest absolute Gasteiger partial charge is 0.275 e. The molecule has 2 aromatic rings. The van der Waals surface area contributed by atoms with Gasteiger partial charge in [-0.05, 0) is 17.9 Å². The maximum Gasteiger partial charge on any atom is 0.275 e.